The number of aliphatic carboxylic acids is 1. The summed E-state index contributed by atoms with van der Waals surface area (Å²) in [6.45, 7) is 0. The van der Waals surface area contributed by atoms with Crippen molar-refractivity contribution in [2.45, 2.75) is 37.5 Å². The smallest absolute Gasteiger partial charge is 0.314 e. The van der Waals surface area contributed by atoms with Gasteiger partial charge in [-0.05, 0) is 24.5 Å². The van der Waals surface area contributed by atoms with Gasteiger partial charge in [0.15, 0.2) is 0 Å². The first-order valence-corrected chi connectivity index (χ1v) is 6.67. The highest BCUT2D eigenvalue weighted by atomic mass is 16.4. The minimum atomic E-state index is -0.713. The molecule has 0 saturated heterocycles. The molecule has 0 spiro atoms. The van der Waals surface area contributed by atoms with Crippen LogP contribution in [-0.4, -0.2) is 21.3 Å². The molecule has 1 fully saturated rings. The maximum Gasteiger partial charge on any atom is 0.314 e. The molecule has 1 aliphatic rings. The molecule has 1 aliphatic carbocycles. The third-order valence-electron chi connectivity index (χ3n) is 4.22. The maximum absolute atomic E-state index is 11.8. The molecular formula is C15H16N2O2. The largest absolute Gasteiger partial charge is 0.481 e. The van der Waals surface area contributed by atoms with Gasteiger partial charge in [-0.15, -0.1) is 0 Å². The number of carboxylic acids is 1. The van der Waals surface area contributed by atoms with Crippen LogP contribution in [0.5, 0.6) is 0 Å². The molecule has 0 aliphatic heterocycles. The van der Waals surface area contributed by atoms with Crippen LogP contribution in [0.2, 0.25) is 0 Å². The van der Waals surface area contributed by atoms with Crippen molar-refractivity contribution in [1.82, 2.24) is 10.2 Å². The number of fused-ring (bicyclic) bond motifs is 1. The average Bonchev–Trinajstić information content (AvgIpc) is 2.47. The molecule has 1 saturated carbocycles. The number of carbonyl (C=O) groups is 1. The van der Waals surface area contributed by atoms with E-state index in [4.69, 9.17) is 0 Å². The van der Waals surface area contributed by atoms with Crippen molar-refractivity contribution in [2.24, 2.45) is 0 Å². The van der Waals surface area contributed by atoms with Crippen molar-refractivity contribution in [3.05, 3.63) is 36.2 Å². The molecule has 4 nitrogen and oxygen atoms in total. The molecule has 1 aromatic heterocycles. The number of rotatable bonds is 2. The molecular weight excluding hydrogens is 240 g/mol. The van der Waals surface area contributed by atoms with Crippen LogP contribution in [0.3, 0.4) is 0 Å². The summed E-state index contributed by atoms with van der Waals surface area (Å²) in [4.78, 5) is 11.8. The zero-order chi connectivity index (χ0) is 13.3. The van der Waals surface area contributed by atoms with Gasteiger partial charge in [-0.3, -0.25) is 4.79 Å². The Labute approximate surface area is 111 Å². The van der Waals surface area contributed by atoms with Gasteiger partial charge in [-0.2, -0.15) is 10.2 Å². The maximum atomic E-state index is 11.8. The van der Waals surface area contributed by atoms with E-state index >= 15 is 0 Å². The van der Waals surface area contributed by atoms with Crippen molar-refractivity contribution in [3.8, 4) is 0 Å². The molecule has 3 rings (SSSR count). The van der Waals surface area contributed by atoms with E-state index in [1.54, 1.807) is 12.4 Å². The fourth-order valence-corrected chi connectivity index (χ4v) is 3.07. The van der Waals surface area contributed by atoms with E-state index in [2.05, 4.69) is 10.2 Å². The first-order chi connectivity index (χ1) is 9.22. The van der Waals surface area contributed by atoms with Crippen LogP contribution < -0.4 is 0 Å². The van der Waals surface area contributed by atoms with Gasteiger partial charge >= 0.3 is 5.97 Å². The number of hydrogen-bond acceptors (Lipinski definition) is 3. The van der Waals surface area contributed by atoms with E-state index in [1.807, 2.05) is 18.2 Å². The Morgan fingerprint density at radius 2 is 1.74 bits per heavy atom. The summed E-state index contributed by atoms with van der Waals surface area (Å²) in [5.74, 6) is -0.700. The number of carboxylic acid groups (broad SMARTS) is 1. The quantitative estimate of drug-likeness (QED) is 0.897. The Kier molecular flexibility index (Phi) is 2.93. The van der Waals surface area contributed by atoms with E-state index in [0.29, 0.717) is 0 Å². The van der Waals surface area contributed by atoms with Gasteiger partial charge in [0.2, 0.25) is 0 Å². The van der Waals surface area contributed by atoms with Gasteiger partial charge in [0.25, 0.3) is 0 Å². The second kappa shape index (κ2) is 4.61. The van der Waals surface area contributed by atoms with Gasteiger partial charge in [0.1, 0.15) is 0 Å². The topological polar surface area (TPSA) is 63.1 Å². The van der Waals surface area contributed by atoms with Crippen molar-refractivity contribution in [1.29, 1.82) is 0 Å². The van der Waals surface area contributed by atoms with E-state index in [0.717, 1.165) is 48.4 Å². The Bertz CT molecular complexity index is 618. The third-order valence-corrected chi connectivity index (χ3v) is 4.22. The number of benzene rings is 1. The lowest BCUT2D eigenvalue weighted by Gasteiger charge is -2.33. The predicted molar refractivity (Wildman–Crippen MR) is 71.9 cm³/mol. The summed E-state index contributed by atoms with van der Waals surface area (Å²) in [6, 6.07) is 5.84. The standard InChI is InChI=1S/C15H16N2O2/c18-14(19)15(6-2-1-3-7-15)13-5-4-11-9-16-17-10-12(11)8-13/h4-5,8-10H,1-3,6-7H2,(H,18,19). The normalized spacial score (nSPS) is 18.3. The summed E-state index contributed by atoms with van der Waals surface area (Å²) in [5, 5.41) is 19.3. The van der Waals surface area contributed by atoms with E-state index in [1.165, 1.54) is 0 Å². The molecule has 1 N–H and O–H groups in total. The molecule has 0 bridgehead atoms. The van der Waals surface area contributed by atoms with Gasteiger partial charge in [0.05, 0.1) is 17.8 Å². The van der Waals surface area contributed by atoms with E-state index in [-0.39, 0.29) is 0 Å². The molecule has 0 unspecified atom stereocenters. The molecule has 2 aromatic rings. The highest BCUT2D eigenvalue weighted by molar-refractivity contribution is 5.86. The highest BCUT2D eigenvalue weighted by Gasteiger charge is 2.41. The zero-order valence-electron chi connectivity index (χ0n) is 10.7. The molecule has 98 valence electrons. The zero-order valence-corrected chi connectivity index (χ0v) is 10.7. The summed E-state index contributed by atoms with van der Waals surface area (Å²) in [5.41, 5.74) is 0.190. The molecule has 19 heavy (non-hydrogen) atoms. The first kappa shape index (κ1) is 12.1. The Morgan fingerprint density at radius 3 is 2.42 bits per heavy atom. The van der Waals surface area contributed by atoms with Crippen LogP contribution in [0, 0.1) is 0 Å². The summed E-state index contributed by atoms with van der Waals surface area (Å²) in [6.07, 6.45) is 7.95. The lowest BCUT2D eigenvalue weighted by Crippen LogP contribution is -2.37. The van der Waals surface area contributed by atoms with Crippen molar-refractivity contribution in [3.63, 3.8) is 0 Å². The predicted octanol–water partition coefficient (Wildman–Crippen LogP) is 2.92. The Morgan fingerprint density at radius 1 is 1.05 bits per heavy atom. The minimum Gasteiger partial charge on any atom is -0.481 e. The highest BCUT2D eigenvalue weighted by Crippen LogP contribution is 2.40. The number of nitrogens with zero attached hydrogens (tertiary/aromatic N) is 2. The summed E-state index contributed by atoms with van der Waals surface area (Å²) >= 11 is 0. The van der Waals surface area contributed by atoms with Crippen LogP contribution in [0.4, 0.5) is 0 Å². The first-order valence-electron chi connectivity index (χ1n) is 6.67. The fourth-order valence-electron chi connectivity index (χ4n) is 3.07. The fraction of sp³-hybridized carbons (Fsp3) is 0.400. The van der Waals surface area contributed by atoms with Gasteiger partial charge in [-0.25, -0.2) is 0 Å². The monoisotopic (exact) mass is 256 g/mol. The van der Waals surface area contributed by atoms with Gasteiger partial charge < -0.3 is 5.11 Å². The summed E-state index contributed by atoms with van der Waals surface area (Å²) < 4.78 is 0. The molecule has 1 heterocycles. The molecule has 4 heteroatoms. The van der Waals surface area contributed by atoms with Crippen LogP contribution in [0.1, 0.15) is 37.7 Å². The molecule has 0 atom stereocenters. The van der Waals surface area contributed by atoms with Gasteiger partial charge in [-0.1, -0.05) is 31.4 Å². The van der Waals surface area contributed by atoms with Crippen LogP contribution in [0.15, 0.2) is 30.6 Å². The minimum absolute atomic E-state index is 0.700. The lowest BCUT2D eigenvalue weighted by atomic mass is 9.69. The molecule has 1 aromatic carbocycles. The Hall–Kier alpha value is -1.97. The van der Waals surface area contributed by atoms with Crippen molar-refractivity contribution < 1.29 is 9.90 Å². The second-order valence-electron chi connectivity index (χ2n) is 5.28. The van der Waals surface area contributed by atoms with E-state index in [9.17, 15) is 9.90 Å². The van der Waals surface area contributed by atoms with Crippen molar-refractivity contribution in [2.75, 3.05) is 0 Å². The van der Waals surface area contributed by atoms with Gasteiger partial charge in [0, 0.05) is 10.8 Å². The number of aromatic nitrogens is 2. The van der Waals surface area contributed by atoms with Crippen molar-refractivity contribution >= 4 is 16.7 Å². The lowest BCUT2D eigenvalue weighted by molar-refractivity contribution is -0.145. The average molecular weight is 256 g/mol. The van der Waals surface area contributed by atoms with Crippen LogP contribution >= 0.6 is 0 Å². The van der Waals surface area contributed by atoms with Crippen LogP contribution in [0.25, 0.3) is 10.8 Å². The SMILES string of the molecule is O=C(O)C1(c2ccc3cnncc3c2)CCCCC1. The molecule has 0 amide bonds. The van der Waals surface area contributed by atoms with Crippen LogP contribution in [-0.2, 0) is 10.2 Å². The summed E-state index contributed by atoms with van der Waals surface area (Å²) in [7, 11) is 0. The Balaban J connectivity index is 2.12. The number of hydrogen-bond donors (Lipinski definition) is 1. The second-order valence-corrected chi connectivity index (χ2v) is 5.28. The molecule has 0 radical (unpaired) electrons. The third kappa shape index (κ3) is 1.97. The van der Waals surface area contributed by atoms with E-state index < -0.39 is 11.4 Å².